The predicted molar refractivity (Wildman–Crippen MR) is 56.9 cm³/mol. The number of esters is 1. The molecular weight excluding hydrogens is 202 g/mol. The fourth-order valence-electron chi connectivity index (χ4n) is 0.723. The Morgan fingerprint density at radius 1 is 1.64 bits per heavy atom. The largest absolute Gasteiger partial charge is 0.461 e. The molecule has 0 aliphatic heterocycles. The molecule has 0 unspecified atom stereocenters. The van der Waals surface area contributed by atoms with Gasteiger partial charge in [-0.2, -0.15) is 0 Å². The summed E-state index contributed by atoms with van der Waals surface area (Å²) >= 11 is 1.11. The fraction of sp³-hybridized carbons (Fsp3) is 0.556. The zero-order valence-electron chi connectivity index (χ0n) is 8.19. The quantitative estimate of drug-likeness (QED) is 0.524. The summed E-state index contributed by atoms with van der Waals surface area (Å²) in [7, 11) is 0. The highest BCUT2D eigenvalue weighted by Gasteiger charge is 2.17. The third kappa shape index (κ3) is 5.77. The Labute approximate surface area is 87.9 Å². The summed E-state index contributed by atoms with van der Waals surface area (Å²) in [6, 6.07) is -0.766. The number of hydrogen-bond acceptors (Lipinski definition) is 5. The molecule has 0 rings (SSSR count). The zero-order chi connectivity index (χ0) is 11.0. The van der Waals surface area contributed by atoms with Crippen molar-refractivity contribution in [2.24, 2.45) is 5.73 Å². The van der Waals surface area contributed by atoms with Gasteiger partial charge in [-0.15, -0.1) is 0 Å². The standard InChI is InChI=1S/C9H15NO3S/c1-3-5-13-8(11)6-7(10)9(12)14-4-2/h3,7H,1,4-6,10H2,2H3/t7-/m0/s1. The van der Waals surface area contributed by atoms with Gasteiger partial charge in [0.2, 0.25) is 5.12 Å². The summed E-state index contributed by atoms with van der Waals surface area (Å²) in [5.41, 5.74) is 5.48. The maximum absolute atomic E-state index is 11.2. The molecule has 0 bridgehead atoms. The number of carbonyl (C=O) groups is 2. The van der Waals surface area contributed by atoms with Crippen LogP contribution in [-0.2, 0) is 14.3 Å². The first-order valence-corrected chi connectivity index (χ1v) is 5.29. The first kappa shape index (κ1) is 13.2. The molecule has 0 saturated heterocycles. The highest BCUT2D eigenvalue weighted by molar-refractivity contribution is 8.13. The minimum absolute atomic E-state index is 0.0698. The number of thioether (sulfide) groups is 1. The van der Waals surface area contributed by atoms with Crippen LogP contribution in [-0.4, -0.2) is 29.5 Å². The monoisotopic (exact) mass is 217 g/mol. The molecule has 14 heavy (non-hydrogen) atoms. The second-order valence-electron chi connectivity index (χ2n) is 2.53. The van der Waals surface area contributed by atoms with Crippen molar-refractivity contribution >= 4 is 22.8 Å². The minimum atomic E-state index is -0.766. The van der Waals surface area contributed by atoms with Gasteiger partial charge in [0.1, 0.15) is 6.61 Å². The Hall–Kier alpha value is -0.810. The number of carbonyl (C=O) groups excluding carboxylic acids is 2. The van der Waals surface area contributed by atoms with Crippen molar-refractivity contribution in [1.29, 1.82) is 0 Å². The van der Waals surface area contributed by atoms with E-state index in [2.05, 4.69) is 6.58 Å². The van der Waals surface area contributed by atoms with Crippen LogP contribution in [0.3, 0.4) is 0 Å². The van der Waals surface area contributed by atoms with E-state index in [1.54, 1.807) is 0 Å². The van der Waals surface area contributed by atoms with Crippen molar-refractivity contribution in [2.45, 2.75) is 19.4 Å². The van der Waals surface area contributed by atoms with E-state index in [9.17, 15) is 9.59 Å². The van der Waals surface area contributed by atoms with E-state index < -0.39 is 12.0 Å². The fourth-order valence-corrected chi connectivity index (χ4v) is 1.30. The SMILES string of the molecule is C=CCOC(=O)C[C@H](N)C(=O)SCC. The van der Waals surface area contributed by atoms with Gasteiger partial charge < -0.3 is 10.5 Å². The highest BCUT2D eigenvalue weighted by atomic mass is 32.2. The molecule has 0 fully saturated rings. The maximum Gasteiger partial charge on any atom is 0.308 e. The lowest BCUT2D eigenvalue weighted by atomic mass is 10.2. The van der Waals surface area contributed by atoms with Crippen LogP contribution in [0.25, 0.3) is 0 Å². The Morgan fingerprint density at radius 2 is 2.29 bits per heavy atom. The lowest BCUT2D eigenvalue weighted by Gasteiger charge is -2.08. The average Bonchev–Trinajstić information content (AvgIpc) is 2.15. The lowest BCUT2D eigenvalue weighted by Crippen LogP contribution is -2.31. The second-order valence-corrected chi connectivity index (χ2v) is 3.80. The van der Waals surface area contributed by atoms with E-state index in [1.165, 1.54) is 6.08 Å². The van der Waals surface area contributed by atoms with E-state index in [4.69, 9.17) is 10.5 Å². The zero-order valence-corrected chi connectivity index (χ0v) is 9.01. The third-order valence-electron chi connectivity index (χ3n) is 1.34. The van der Waals surface area contributed by atoms with Crippen LogP contribution in [0.5, 0.6) is 0 Å². The van der Waals surface area contributed by atoms with Gasteiger partial charge in [0, 0.05) is 0 Å². The number of hydrogen-bond donors (Lipinski definition) is 1. The van der Waals surface area contributed by atoms with Crippen LogP contribution in [0, 0.1) is 0 Å². The number of rotatable bonds is 6. The summed E-state index contributed by atoms with van der Waals surface area (Å²) < 4.78 is 4.69. The highest BCUT2D eigenvalue weighted by Crippen LogP contribution is 2.06. The van der Waals surface area contributed by atoms with Crippen molar-refractivity contribution in [3.8, 4) is 0 Å². The van der Waals surface area contributed by atoms with E-state index in [0.29, 0.717) is 5.75 Å². The third-order valence-corrected chi connectivity index (χ3v) is 2.21. The molecule has 0 saturated carbocycles. The normalized spacial score (nSPS) is 11.9. The van der Waals surface area contributed by atoms with Crippen LogP contribution < -0.4 is 5.73 Å². The Kier molecular flexibility index (Phi) is 7.14. The molecule has 80 valence electrons. The van der Waals surface area contributed by atoms with Gasteiger partial charge in [-0.25, -0.2) is 0 Å². The second kappa shape index (κ2) is 7.58. The molecular formula is C9H15NO3S. The lowest BCUT2D eigenvalue weighted by molar-refractivity contribution is -0.143. The summed E-state index contributed by atoms with van der Waals surface area (Å²) in [6.45, 7) is 5.40. The molecule has 0 aromatic rings. The summed E-state index contributed by atoms with van der Waals surface area (Å²) in [6.07, 6.45) is 1.39. The van der Waals surface area contributed by atoms with Gasteiger partial charge in [0.15, 0.2) is 0 Å². The van der Waals surface area contributed by atoms with Crippen molar-refractivity contribution in [1.82, 2.24) is 0 Å². The van der Waals surface area contributed by atoms with Crippen molar-refractivity contribution in [3.05, 3.63) is 12.7 Å². The molecule has 0 aliphatic rings. The van der Waals surface area contributed by atoms with Gasteiger partial charge >= 0.3 is 5.97 Å². The molecule has 0 aliphatic carbocycles. The average molecular weight is 217 g/mol. The topological polar surface area (TPSA) is 69.4 Å². The van der Waals surface area contributed by atoms with Gasteiger partial charge in [-0.1, -0.05) is 31.3 Å². The molecule has 0 spiro atoms. The van der Waals surface area contributed by atoms with Crippen LogP contribution in [0.1, 0.15) is 13.3 Å². The van der Waals surface area contributed by atoms with Gasteiger partial charge in [-0.3, -0.25) is 9.59 Å². The van der Waals surface area contributed by atoms with Crippen LogP contribution in [0.2, 0.25) is 0 Å². The van der Waals surface area contributed by atoms with Gasteiger partial charge in [-0.05, 0) is 5.75 Å². The summed E-state index contributed by atoms with van der Waals surface area (Å²) in [5.74, 6) is 0.191. The minimum Gasteiger partial charge on any atom is -0.461 e. The molecule has 4 nitrogen and oxygen atoms in total. The summed E-state index contributed by atoms with van der Waals surface area (Å²) in [4.78, 5) is 22.2. The summed E-state index contributed by atoms with van der Waals surface area (Å²) in [5, 5.41) is -0.178. The van der Waals surface area contributed by atoms with Crippen LogP contribution in [0.4, 0.5) is 0 Å². The van der Waals surface area contributed by atoms with Crippen molar-refractivity contribution in [3.63, 3.8) is 0 Å². The number of nitrogens with two attached hydrogens (primary N) is 1. The number of ether oxygens (including phenoxy) is 1. The molecule has 0 radical (unpaired) electrons. The van der Waals surface area contributed by atoms with Gasteiger partial charge in [0.25, 0.3) is 0 Å². The molecule has 0 heterocycles. The van der Waals surface area contributed by atoms with Gasteiger partial charge in [0.05, 0.1) is 12.5 Å². The van der Waals surface area contributed by atoms with E-state index in [0.717, 1.165) is 11.8 Å². The van der Waals surface area contributed by atoms with Crippen molar-refractivity contribution < 1.29 is 14.3 Å². The Balaban J connectivity index is 3.80. The van der Waals surface area contributed by atoms with Crippen LogP contribution >= 0.6 is 11.8 Å². The molecule has 0 aromatic carbocycles. The molecule has 0 aromatic heterocycles. The molecule has 1 atom stereocenters. The van der Waals surface area contributed by atoms with E-state index in [1.807, 2.05) is 6.92 Å². The molecule has 5 heteroatoms. The first-order valence-electron chi connectivity index (χ1n) is 4.30. The maximum atomic E-state index is 11.2. The van der Waals surface area contributed by atoms with Crippen molar-refractivity contribution in [2.75, 3.05) is 12.4 Å². The predicted octanol–water partition coefficient (Wildman–Crippen LogP) is 0.713. The van der Waals surface area contributed by atoms with E-state index in [-0.39, 0.29) is 18.1 Å². The Bertz CT molecular complexity index is 218. The molecule has 2 N–H and O–H groups in total. The Morgan fingerprint density at radius 3 is 2.79 bits per heavy atom. The molecule has 0 amide bonds. The van der Waals surface area contributed by atoms with Crippen LogP contribution in [0.15, 0.2) is 12.7 Å². The smallest absolute Gasteiger partial charge is 0.308 e. The first-order chi connectivity index (χ1) is 6.61. The van der Waals surface area contributed by atoms with E-state index >= 15 is 0 Å².